The van der Waals surface area contributed by atoms with Crippen molar-refractivity contribution in [2.75, 3.05) is 6.54 Å². The molecule has 0 aliphatic carbocycles. The van der Waals surface area contributed by atoms with Gasteiger partial charge in [0.05, 0.1) is 4.47 Å². The maximum Gasteiger partial charge on any atom is 0.143 e. The second kappa shape index (κ2) is 7.34. The Morgan fingerprint density at radius 3 is 2.37 bits per heavy atom. The molecule has 0 aliphatic rings. The summed E-state index contributed by atoms with van der Waals surface area (Å²) in [4.78, 5) is 0. The molecule has 0 saturated heterocycles. The third kappa shape index (κ3) is 4.25. The van der Waals surface area contributed by atoms with E-state index in [-0.39, 0.29) is 17.5 Å². The molecule has 4 heteroatoms. The van der Waals surface area contributed by atoms with Crippen molar-refractivity contribution >= 4 is 15.9 Å². The molecular formula is C15H22BrF2N. The van der Waals surface area contributed by atoms with Crippen LogP contribution in [0.15, 0.2) is 16.6 Å². The van der Waals surface area contributed by atoms with Crippen LogP contribution >= 0.6 is 15.9 Å². The molecule has 2 unspecified atom stereocenters. The topological polar surface area (TPSA) is 12.0 Å². The second-order valence-corrected chi connectivity index (χ2v) is 6.13. The van der Waals surface area contributed by atoms with Crippen LogP contribution in [0.4, 0.5) is 8.78 Å². The van der Waals surface area contributed by atoms with E-state index in [1.165, 1.54) is 12.1 Å². The van der Waals surface area contributed by atoms with Crippen LogP contribution in [0.5, 0.6) is 0 Å². The summed E-state index contributed by atoms with van der Waals surface area (Å²) < 4.78 is 28.2. The highest BCUT2D eigenvalue weighted by Crippen LogP contribution is 2.27. The van der Waals surface area contributed by atoms with E-state index in [4.69, 9.17) is 0 Å². The average Bonchev–Trinajstić information content (AvgIpc) is 2.34. The van der Waals surface area contributed by atoms with Crippen molar-refractivity contribution < 1.29 is 8.78 Å². The van der Waals surface area contributed by atoms with Gasteiger partial charge < -0.3 is 5.32 Å². The molecule has 0 aromatic heterocycles. The molecule has 1 N–H and O–H groups in total. The van der Waals surface area contributed by atoms with Gasteiger partial charge in [0.25, 0.3) is 0 Å². The average molecular weight is 334 g/mol. The molecule has 2 atom stereocenters. The third-order valence-corrected chi connectivity index (χ3v) is 4.22. The van der Waals surface area contributed by atoms with Crippen LogP contribution in [0.3, 0.4) is 0 Å². The summed E-state index contributed by atoms with van der Waals surface area (Å²) in [6.45, 7) is 9.14. The lowest BCUT2D eigenvalue weighted by molar-refractivity contribution is 0.286. The van der Waals surface area contributed by atoms with E-state index >= 15 is 0 Å². The van der Waals surface area contributed by atoms with Crippen LogP contribution < -0.4 is 5.32 Å². The van der Waals surface area contributed by atoms with Gasteiger partial charge in [0.1, 0.15) is 11.6 Å². The highest BCUT2D eigenvalue weighted by Gasteiger charge is 2.24. The minimum atomic E-state index is -0.477. The zero-order chi connectivity index (χ0) is 14.6. The molecule has 0 heterocycles. The molecule has 0 spiro atoms. The smallest absolute Gasteiger partial charge is 0.143 e. The molecule has 1 aromatic carbocycles. The van der Waals surface area contributed by atoms with Crippen LogP contribution in [0.25, 0.3) is 0 Å². The van der Waals surface area contributed by atoms with E-state index in [1.807, 2.05) is 6.92 Å². The first kappa shape index (κ1) is 16.6. The summed E-state index contributed by atoms with van der Waals surface area (Å²) >= 11 is 3.12. The largest absolute Gasteiger partial charge is 0.314 e. The fourth-order valence-corrected chi connectivity index (χ4v) is 2.83. The number of halogens is 3. The van der Waals surface area contributed by atoms with Crippen LogP contribution in [-0.2, 0) is 6.42 Å². The van der Waals surface area contributed by atoms with Gasteiger partial charge in [-0.15, -0.1) is 0 Å². The number of hydrogen-bond acceptors (Lipinski definition) is 1. The summed E-state index contributed by atoms with van der Waals surface area (Å²) in [5.41, 5.74) is 0.179. The Morgan fingerprint density at radius 2 is 1.84 bits per heavy atom. The molecular weight excluding hydrogens is 312 g/mol. The van der Waals surface area contributed by atoms with Gasteiger partial charge in [0.15, 0.2) is 0 Å². The van der Waals surface area contributed by atoms with E-state index in [1.54, 1.807) is 0 Å². The lowest BCUT2D eigenvalue weighted by atomic mass is 9.83. The SMILES string of the molecule is CCNC(C)C(Cc1c(F)ccc(Br)c1F)C(C)C. The summed E-state index contributed by atoms with van der Waals surface area (Å²) in [5, 5.41) is 3.34. The maximum absolute atomic E-state index is 14.0. The quantitative estimate of drug-likeness (QED) is 0.753. The van der Waals surface area contributed by atoms with Crippen molar-refractivity contribution in [3.05, 3.63) is 33.8 Å². The van der Waals surface area contributed by atoms with Crippen molar-refractivity contribution in [3.63, 3.8) is 0 Å². The Morgan fingerprint density at radius 1 is 1.21 bits per heavy atom. The first-order valence-electron chi connectivity index (χ1n) is 6.74. The Labute approximate surface area is 122 Å². The van der Waals surface area contributed by atoms with Gasteiger partial charge in [-0.3, -0.25) is 0 Å². The molecule has 1 rings (SSSR count). The van der Waals surface area contributed by atoms with Gasteiger partial charge in [0, 0.05) is 11.6 Å². The Bertz CT molecular complexity index is 421. The Hall–Kier alpha value is -0.480. The van der Waals surface area contributed by atoms with Crippen LogP contribution in [0, 0.1) is 23.5 Å². The molecule has 19 heavy (non-hydrogen) atoms. The van der Waals surface area contributed by atoms with E-state index < -0.39 is 11.6 Å². The molecule has 0 aliphatic heterocycles. The van der Waals surface area contributed by atoms with Gasteiger partial charge in [0.2, 0.25) is 0 Å². The fourth-order valence-electron chi connectivity index (χ4n) is 2.46. The molecule has 0 radical (unpaired) electrons. The lowest BCUT2D eigenvalue weighted by Crippen LogP contribution is -2.37. The van der Waals surface area contributed by atoms with Gasteiger partial charge in [-0.2, -0.15) is 0 Å². The zero-order valence-corrected chi connectivity index (χ0v) is 13.5. The molecule has 1 nitrogen and oxygen atoms in total. The number of benzene rings is 1. The Kier molecular flexibility index (Phi) is 6.40. The zero-order valence-electron chi connectivity index (χ0n) is 11.9. The third-order valence-electron chi connectivity index (χ3n) is 3.60. The van der Waals surface area contributed by atoms with Gasteiger partial charge in [-0.05, 0) is 59.8 Å². The summed E-state index contributed by atoms with van der Waals surface area (Å²) in [7, 11) is 0. The minimum Gasteiger partial charge on any atom is -0.314 e. The van der Waals surface area contributed by atoms with Crippen LogP contribution in [0.1, 0.15) is 33.3 Å². The monoisotopic (exact) mass is 333 g/mol. The van der Waals surface area contributed by atoms with Crippen LogP contribution in [-0.4, -0.2) is 12.6 Å². The van der Waals surface area contributed by atoms with E-state index in [9.17, 15) is 8.78 Å². The van der Waals surface area contributed by atoms with Crippen molar-refractivity contribution in [1.29, 1.82) is 0 Å². The van der Waals surface area contributed by atoms with Gasteiger partial charge >= 0.3 is 0 Å². The van der Waals surface area contributed by atoms with E-state index in [0.29, 0.717) is 16.8 Å². The Balaban J connectivity index is 3.00. The normalized spacial score (nSPS) is 14.7. The predicted octanol–water partition coefficient (Wildman–Crippen LogP) is 4.54. The van der Waals surface area contributed by atoms with Crippen LogP contribution in [0.2, 0.25) is 0 Å². The van der Waals surface area contributed by atoms with Crippen molar-refractivity contribution in [2.24, 2.45) is 11.8 Å². The van der Waals surface area contributed by atoms with Gasteiger partial charge in [-0.25, -0.2) is 8.78 Å². The summed E-state index contributed by atoms with van der Waals surface area (Å²) in [6.07, 6.45) is 0.406. The molecule has 0 amide bonds. The molecule has 0 saturated carbocycles. The van der Waals surface area contributed by atoms with Crippen molar-refractivity contribution in [3.8, 4) is 0 Å². The molecule has 108 valence electrons. The molecule has 0 fully saturated rings. The lowest BCUT2D eigenvalue weighted by Gasteiger charge is -2.28. The van der Waals surface area contributed by atoms with Crippen molar-refractivity contribution in [2.45, 2.75) is 40.2 Å². The highest BCUT2D eigenvalue weighted by atomic mass is 79.9. The number of hydrogen-bond donors (Lipinski definition) is 1. The predicted molar refractivity (Wildman–Crippen MR) is 79.2 cm³/mol. The minimum absolute atomic E-state index is 0.179. The van der Waals surface area contributed by atoms with Crippen molar-refractivity contribution in [1.82, 2.24) is 5.32 Å². The molecule has 1 aromatic rings. The van der Waals surface area contributed by atoms with E-state index in [0.717, 1.165) is 6.54 Å². The standard InChI is InChI=1S/C15H22BrF2N/c1-5-19-10(4)11(9(2)3)8-12-14(17)7-6-13(16)15(12)18/h6-7,9-11,19H,5,8H2,1-4H3. The summed E-state index contributed by atoms with van der Waals surface area (Å²) in [6, 6.07) is 2.95. The fraction of sp³-hybridized carbons (Fsp3) is 0.600. The second-order valence-electron chi connectivity index (χ2n) is 5.28. The number of rotatable bonds is 6. The van der Waals surface area contributed by atoms with E-state index in [2.05, 4.69) is 42.0 Å². The first-order valence-corrected chi connectivity index (χ1v) is 7.53. The highest BCUT2D eigenvalue weighted by molar-refractivity contribution is 9.10. The molecule has 0 bridgehead atoms. The first-order chi connectivity index (χ1) is 8.88. The number of nitrogens with one attached hydrogen (secondary N) is 1. The van der Waals surface area contributed by atoms with Gasteiger partial charge in [-0.1, -0.05) is 20.8 Å². The summed E-state index contributed by atoms with van der Waals surface area (Å²) in [5.74, 6) is -0.394. The maximum atomic E-state index is 14.0.